The Labute approximate surface area is 129 Å². The second-order valence-electron chi connectivity index (χ2n) is 4.85. The zero-order valence-electron chi connectivity index (χ0n) is 11.4. The molecule has 6 heteroatoms. The number of halogens is 2. The van der Waals surface area contributed by atoms with Crippen LogP contribution >= 0.6 is 23.2 Å². The molecule has 1 heterocycles. The number of hydrogen-bond donors (Lipinski definition) is 1. The first-order valence-electron chi connectivity index (χ1n) is 6.62. The van der Waals surface area contributed by atoms with Crippen LogP contribution in [0.5, 0.6) is 5.75 Å². The van der Waals surface area contributed by atoms with E-state index < -0.39 is 0 Å². The van der Waals surface area contributed by atoms with Crippen LogP contribution in [0.4, 0.5) is 0 Å². The molecule has 0 spiro atoms. The Balaban J connectivity index is 1.87. The average Bonchev–Trinajstić information content (AvgIpc) is 2.46. The molecular formula is C14H18Cl2N2O2. The van der Waals surface area contributed by atoms with Gasteiger partial charge in [0.15, 0.2) is 6.61 Å². The summed E-state index contributed by atoms with van der Waals surface area (Å²) in [4.78, 5) is 13.9. The van der Waals surface area contributed by atoms with E-state index in [1.54, 1.807) is 23.1 Å². The first-order chi connectivity index (χ1) is 9.58. The molecule has 1 aromatic carbocycles. The van der Waals surface area contributed by atoms with Crippen molar-refractivity contribution in [2.24, 2.45) is 0 Å². The maximum Gasteiger partial charge on any atom is 0.260 e. The molecule has 1 N–H and O–H groups in total. The Morgan fingerprint density at radius 1 is 1.40 bits per heavy atom. The van der Waals surface area contributed by atoms with Crippen LogP contribution < -0.4 is 10.1 Å². The Morgan fingerprint density at radius 3 is 2.75 bits per heavy atom. The van der Waals surface area contributed by atoms with E-state index in [0.717, 1.165) is 25.9 Å². The Bertz CT molecular complexity index is 476. The minimum Gasteiger partial charge on any atom is -0.482 e. The number of carbonyl (C=O) groups is 1. The van der Waals surface area contributed by atoms with Gasteiger partial charge in [-0.15, -0.1) is 0 Å². The molecule has 0 aliphatic carbocycles. The van der Waals surface area contributed by atoms with Crippen LogP contribution in [0.1, 0.15) is 12.8 Å². The van der Waals surface area contributed by atoms with Crippen molar-refractivity contribution in [1.29, 1.82) is 0 Å². The second kappa shape index (κ2) is 7.16. The molecule has 20 heavy (non-hydrogen) atoms. The summed E-state index contributed by atoms with van der Waals surface area (Å²) in [5.41, 5.74) is 0. The fraction of sp³-hybridized carbons (Fsp3) is 0.500. The highest BCUT2D eigenvalue weighted by Gasteiger charge is 2.22. The molecule has 2 rings (SSSR count). The van der Waals surface area contributed by atoms with Gasteiger partial charge in [0.25, 0.3) is 5.91 Å². The number of benzene rings is 1. The van der Waals surface area contributed by atoms with Gasteiger partial charge in [-0.2, -0.15) is 0 Å². The molecular weight excluding hydrogens is 299 g/mol. The van der Waals surface area contributed by atoms with Gasteiger partial charge in [-0.05, 0) is 44.1 Å². The fourth-order valence-electron chi connectivity index (χ4n) is 2.23. The van der Waals surface area contributed by atoms with Gasteiger partial charge in [0.2, 0.25) is 0 Å². The van der Waals surface area contributed by atoms with Gasteiger partial charge in [-0.3, -0.25) is 4.79 Å². The van der Waals surface area contributed by atoms with Crippen LogP contribution in [0.3, 0.4) is 0 Å². The minimum atomic E-state index is -0.0390. The summed E-state index contributed by atoms with van der Waals surface area (Å²) >= 11 is 11.8. The Kier molecular flexibility index (Phi) is 5.52. The Morgan fingerprint density at radius 2 is 2.10 bits per heavy atom. The summed E-state index contributed by atoms with van der Waals surface area (Å²) in [7, 11) is 1.82. The van der Waals surface area contributed by atoms with Crippen molar-refractivity contribution in [2.75, 3.05) is 26.7 Å². The Hall–Kier alpha value is -0.970. The topological polar surface area (TPSA) is 41.6 Å². The molecule has 0 aromatic heterocycles. The quantitative estimate of drug-likeness (QED) is 0.928. The summed E-state index contributed by atoms with van der Waals surface area (Å²) in [5, 5.41) is 4.23. The van der Waals surface area contributed by atoms with E-state index in [2.05, 4.69) is 5.32 Å². The lowest BCUT2D eigenvalue weighted by atomic mass is 10.1. The molecule has 1 aliphatic rings. The first kappa shape index (κ1) is 15.4. The van der Waals surface area contributed by atoms with E-state index in [9.17, 15) is 4.79 Å². The number of carbonyl (C=O) groups excluding carboxylic acids is 1. The van der Waals surface area contributed by atoms with E-state index in [1.807, 2.05) is 7.05 Å². The molecule has 4 nitrogen and oxygen atoms in total. The van der Waals surface area contributed by atoms with Gasteiger partial charge < -0.3 is 15.0 Å². The molecule has 0 bridgehead atoms. The third-order valence-electron chi connectivity index (χ3n) is 3.49. The molecule has 0 atom stereocenters. The van der Waals surface area contributed by atoms with Crippen LogP contribution in [0.25, 0.3) is 0 Å². The van der Waals surface area contributed by atoms with Crippen LogP contribution in [-0.4, -0.2) is 43.6 Å². The SMILES string of the molecule is CN(C(=O)COc1ccc(Cl)cc1Cl)C1CCNCC1. The summed E-state index contributed by atoms with van der Waals surface area (Å²) in [6, 6.07) is 5.24. The maximum absolute atomic E-state index is 12.1. The molecule has 0 unspecified atom stereocenters. The molecule has 1 fully saturated rings. The predicted molar refractivity (Wildman–Crippen MR) is 80.6 cm³/mol. The number of ether oxygens (including phenoxy) is 1. The van der Waals surface area contributed by atoms with Crippen LogP contribution in [0, 0.1) is 0 Å². The monoisotopic (exact) mass is 316 g/mol. The molecule has 110 valence electrons. The van der Waals surface area contributed by atoms with Crippen molar-refractivity contribution in [3.63, 3.8) is 0 Å². The summed E-state index contributed by atoms with van der Waals surface area (Å²) in [5.74, 6) is 0.436. The molecule has 1 aliphatic heterocycles. The number of hydrogen-bond acceptors (Lipinski definition) is 3. The number of likely N-dealkylation sites (N-methyl/N-ethyl adjacent to an activating group) is 1. The molecule has 0 saturated carbocycles. The predicted octanol–water partition coefficient (Wildman–Crippen LogP) is 2.58. The smallest absolute Gasteiger partial charge is 0.260 e. The highest BCUT2D eigenvalue weighted by molar-refractivity contribution is 6.35. The lowest BCUT2D eigenvalue weighted by Crippen LogP contribution is -2.45. The van der Waals surface area contributed by atoms with Gasteiger partial charge in [0, 0.05) is 18.1 Å². The number of piperidine rings is 1. The van der Waals surface area contributed by atoms with Crippen molar-refractivity contribution in [2.45, 2.75) is 18.9 Å². The van der Waals surface area contributed by atoms with E-state index in [4.69, 9.17) is 27.9 Å². The van der Waals surface area contributed by atoms with Gasteiger partial charge in [-0.1, -0.05) is 23.2 Å². The van der Waals surface area contributed by atoms with Gasteiger partial charge in [-0.25, -0.2) is 0 Å². The van der Waals surface area contributed by atoms with Crippen molar-refractivity contribution in [1.82, 2.24) is 10.2 Å². The molecule has 1 amide bonds. The largest absolute Gasteiger partial charge is 0.482 e. The summed E-state index contributed by atoms with van der Waals surface area (Å²) < 4.78 is 5.47. The fourth-order valence-corrected chi connectivity index (χ4v) is 2.69. The van der Waals surface area contributed by atoms with E-state index in [1.165, 1.54) is 0 Å². The van der Waals surface area contributed by atoms with Crippen LogP contribution in [0.2, 0.25) is 10.0 Å². The number of amides is 1. The molecule has 0 radical (unpaired) electrons. The zero-order valence-corrected chi connectivity index (χ0v) is 12.9. The third-order valence-corrected chi connectivity index (χ3v) is 4.03. The highest BCUT2D eigenvalue weighted by Crippen LogP contribution is 2.27. The number of rotatable bonds is 4. The standard InChI is InChI=1S/C14H18Cl2N2O2/c1-18(11-4-6-17-7-5-11)14(19)9-20-13-3-2-10(15)8-12(13)16/h2-3,8,11,17H,4-7,9H2,1H3. The lowest BCUT2D eigenvalue weighted by Gasteiger charge is -2.31. The second-order valence-corrected chi connectivity index (χ2v) is 5.69. The van der Waals surface area contributed by atoms with E-state index in [0.29, 0.717) is 15.8 Å². The molecule has 1 saturated heterocycles. The normalized spacial score (nSPS) is 15.9. The maximum atomic E-state index is 12.1. The number of nitrogens with one attached hydrogen (secondary N) is 1. The van der Waals surface area contributed by atoms with Crippen molar-refractivity contribution in [3.05, 3.63) is 28.2 Å². The number of nitrogens with zero attached hydrogens (tertiary/aromatic N) is 1. The average molecular weight is 317 g/mol. The minimum absolute atomic E-state index is 0.0121. The van der Waals surface area contributed by atoms with Gasteiger partial charge >= 0.3 is 0 Å². The lowest BCUT2D eigenvalue weighted by molar-refractivity contribution is -0.134. The highest BCUT2D eigenvalue weighted by atomic mass is 35.5. The van der Waals surface area contributed by atoms with Gasteiger partial charge in [0.05, 0.1) is 5.02 Å². The first-order valence-corrected chi connectivity index (χ1v) is 7.38. The summed E-state index contributed by atoms with van der Waals surface area (Å²) in [6.45, 7) is 1.89. The van der Waals surface area contributed by atoms with E-state index in [-0.39, 0.29) is 18.6 Å². The van der Waals surface area contributed by atoms with Crippen LogP contribution in [0.15, 0.2) is 18.2 Å². The summed E-state index contributed by atoms with van der Waals surface area (Å²) in [6.07, 6.45) is 1.95. The van der Waals surface area contributed by atoms with Crippen LogP contribution in [-0.2, 0) is 4.79 Å². The van der Waals surface area contributed by atoms with Crippen molar-refractivity contribution in [3.8, 4) is 5.75 Å². The van der Waals surface area contributed by atoms with Gasteiger partial charge in [0.1, 0.15) is 5.75 Å². The van der Waals surface area contributed by atoms with E-state index >= 15 is 0 Å². The third kappa shape index (κ3) is 4.01. The zero-order chi connectivity index (χ0) is 14.5. The molecule has 1 aromatic rings. The van der Waals surface area contributed by atoms with Crippen molar-refractivity contribution >= 4 is 29.1 Å². The van der Waals surface area contributed by atoms with Crippen molar-refractivity contribution < 1.29 is 9.53 Å².